The Balaban J connectivity index is 1.86. The number of carbonyl (C=O) groups is 1. The largest absolute Gasteiger partial charge is 0.327 e. The van der Waals surface area contributed by atoms with Crippen LogP contribution in [0.15, 0.2) is 31.0 Å². The third-order valence-corrected chi connectivity index (χ3v) is 2.86. The lowest BCUT2D eigenvalue weighted by Crippen LogP contribution is -2.20. The second-order valence-corrected chi connectivity index (χ2v) is 4.21. The molecule has 3 rings (SSSR count). The van der Waals surface area contributed by atoms with Crippen molar-refractivity contribution in [1.82, 2.24) is 19.7 Å². The maximum Gasteiger partial charge on any atom is 0.229 e. The van der Waals surface area contributed by atoms with Gasteiger partial charge in [0.15, 0.2) is 5.82 Å². The van der Waals surface area contributed by atoms with Crippen LogP contribution in [0.3, 0.4) is 0 Å². The van der Waals surface area contributed by atoms with Crippen LogP contribution >= 0.6 is 0 Å². The van der Waals surface area contributed by atoms with E-state index < -0.39 is 0 Å². The minimum Gasteiger partial charge on any atom is -0.327 e. The fourth-order valence-corrected chi connectivity index (χ4v) is 1.74. The topological polar surface area (TPSA) is 98.7 Å². The molecule has 2 heterocycles. The lowest BCUT2D eigenvalue weighted by molar-refractivity contribution is -0.117. The lowest BCUT2D eigenvalue weighted by Gasteiger charge is -2.08. The predicted molar refractivity (Wildman–Crippen MR) is 63.9 cm³/mol. The van der Waals surface area contributed by atoms with Gasteiger partial charge in [0.05, 0.1) is 11.6 Å². The van der Waals surface area contributed by atoms with Crippen LogP contribution in [0.4, 0.5) is 5.69 Å². The van der Waals surface area contributed by atoms with Gasteiger partial charge in [-0.1, -0.05) is 0 Å². The van der Waals surface area contributed by atoms with E-state index in [-0.39, 0.29) is 17.9 Å². The average molecular weight is 244 g/mol. The number of rotatable bonds is 3. The summed E-state index contributed by atoms with van der Waals surface area (Å²) in [4.78, 5) is 19.9. The molecule has 3 N–H and O–H groups in total. The number of anilines is 1. The zero-order chi connectivity index (χ0) is 12.5. The fourth-order valence-electron chi connectivity index (χ4n) is 1.74. The summed E-state index contributed by atoms with van der Waals surface area (Å²) in [5.74, 6) is 0.378. The highest BCUT2D eigenvalue weighted by Gasteiger charge is 2.40. The summed E-state index contributed by atoms with van der Waals surface area (Å²) >= 11 is 0. The quantitative estimate of drug-likeness (QED) is 0.788. The molecule has 18 heavy (non-hydrogen) atoms. The van der Waals surface area contributed by atoms with Crippen molar-refractivity contribution in [2.75, 3.05) is 5.32 Å². The van der Waals surface area contributed by atoms with Gasteiger partial charge in [-0.3, -0.25) is 4.79 Å². The summed E-state index contributed by atoms with van der Waals surface area (Å²) in [6.07, 6.45) is 5.32. The summed E-state index contributed by atoms with van der Waals surface area (Å²) in [5, 5.41) is 6.82. The minimum absolute atomic E-state index is 0.0171. The molecular formula is C11H12N6O. The Kier molecular flexibility index (Phi) is 2.52. The van der Waals surface area contributed by atoms with Gasteiger partial charge in [-0.2, -0.15) is 5.10 Å². The van der Waals surface area contributed by atoms with Crippen LogP contribution in [0.1, 0.15) is 6.42 Å². The Morgan fingerprint density at radius 1 is 1.56 bits per heavy atom. The van der Waals surface area contributed by atoms with Gasteiger partial charge in [0.1, 0.15) is 12.7 Å². The standard InChI is InChI=1S/C11H12N6O/c12-8-4-7(8)11(18)16-9-2-1-3-14-10(9)17-6-13-5-15-17/h1-3,5-8H,4,12H2,(H,16,18). The zero-order valence-corrected chi connectivity index (χ0v) is 9.52. The SMILES string of the molecule is NC1CC1C(=O)Nc1cccnc1-n1cncn1. The number of carbonyl (C=O) groups excluding carboxylic acids is 1. The van der Waals surface area contributed by atoms with Gasteiger partial charge in [-0.05, 0) is 18.6 Å². The van der Waals surface area contributed by atoms with Gasteiger partial charge in [0, 0.05) is 12.2 Å². The first-order chi connectivity index (χ1) is 8.75. The highest BCUT2D eigenvalue weighted by Crippen LogP contribution is 2.29. The first-order valence-corrected chi connectivity index (χ1v) is 5.62. The molecule has 2 aromatic heterocycles. The number of hydrogen-bond donors (Lipinski definition) is 2. The van der Waals surface area contributed by atoms with Crippen LogP contribution in [0.2, 0.25) is 0 Å². The summed E-state index contributed by atoms with van der Waals surface area (Å²) in [7, 11) is 0. The van der Waals surface area contributed by atoms with E-state index >= 15 is 0 Å². The molecule has 1 aliphatic rings. The van der Waals surface area contributed by atoms with Gasteiger partial charge < -0.3 is 11.1 Å². The van der Waals surface area contributed by atoms with Crippen molar-refractivity contribution in [3.8, 4) is 5.82 Å². The van der Waals surface area contributed by atoms with Crippen LogP contribution < -0.4 is 11.1 Å². The number of pyridine rings is 1. The Labute approximate surface area is 103 Å². The van der Waals surface area contributed by atoms with Crippen molar-refractivity contribution < 1.29 is 4.79 Å². The van der Waals surface area contributed by atoms with Crippen molar-refractivity contribution in [2.24, 2.45) is 11.7 Å². The summed E-state index contributed by atoms with van der Waals surface area (Å²) in [5.41, 5.74) is 6.25. The molecule has 0 aliphatic heterocycles. The highest BCUT2D eigenvalue weighted by molar-refractivity contribution is 5.96. The number of nitrogens with two attached hydrogens (primary N) is 1. The second kappa shape index (κ2) is 4.19. The number of nitrogens with zero attached hydrogens (tertiary/aromatic N) is 4. The van der Waals surface area contributed by atoms with Gasteiger partial charge in [0.2, 0.25) is 5.91 Å². The van der Waals surface area contributed by atoms with E-state index in [1.807, 2.05) is 0 Å². The smallest absolute Gasteiger partial charge is 0.229 e. The van der Waals surface area contributed by atoms with E-state index in [1.54, 1.807) is 18.3 Å². The maximum atomic E-state index is 11.8. The van der Waals surface area contributed by atoms with E-state index in [2.05, 4.69) is 20.4 Å². The van der Waals surface area contributed by atoms with E-state index in [9.17, 15) is 4.79 Å². The predicted octanol–water partition coefficient (Wildman–Crippen LogP) is -0.0520. The summed E-state index contributed by atoms with van der Waals surface area (Å²) in [6.45, 7) is 0. The number of aromatic nitrogens is 4. The molecule has 7 nitrogen and oxygen atoms in total. The third kappa shape index (κ3) is 1.95. The maximum absolute atomic E-state index is 11.8. The van der Waals surface area contributed by atoms with Crippen LogP contribution in [-0.4, -0.2) is 31.7 Å². The summed E-state index contributed by atoms with van der Waals surface area (Å²) < 4.78 is 1.50. The first-order valence-electron chi connectivity index (χ1n) is 5.62. The molecule has 0 aromatic carbocycles. The van der Waals surface area contributed by atoms with Crippen molar-refractivity contribution in [3.63, 3.8) is 0 Å². The molecule has 0 bridgehead atoms. The van der Waals surface area contributed by atoms with Crippen LogP contribution in [-0.2, 0) is 4.79 Å². The van der Waals surface area contributed by atoms with Crippen LogP contribution in [0.25, 0.3) is 5.82 Å². The molecule has 0 spiro atoms. The molecule has 92 valence electrons. The van der Waals surface area contributed by atoms with E-state index in [1.165, 1.54) is 17.3 Å². The lowest BCUT2D eigenvalue weighted by atomic mass is 10.3. The Hall–Kier alpha value is -2.28. The Morgan fingerprint density at radius 3 is 3.06 bits per heavy atom. The number of nitrogens with one attached hydrogen (secondary N) is 1. The van der Waals surface area contributed by atoms with E-state index in [0.29, 0.717) is 11.5 Å². The Morgan fingerprint density at radius 2 is 2.39 bits per heavy atom. The highest BCUT2D eigenvalue weighted by atomic mass is 16.2. The fraction of sp³-hybridized carbons (Fsp3) is 0.273. The molecular weight excluding hydrogens is 232 g/mol. The van der Waals surface area contributed by atoms with Crippen molar-refractivity contribution in [2.45, 2.75) is 12.5 Å². The van der Waals surface area contributed by atoms with E-state index in [0.717, 1.165) is 6.42 Å². The molecule has 1 amide bonds. The van der Waals surface area contributed by atoms with Crippen molar-refractivity contribution in [3.05, 3.63) is 31.0 Å². The normalized spacial score (nSPS) is 21.6. The van der Waals surface area contributed by atoms with Gasteiger partial charge in [-0.25, -0.2) is 14.6 Å². The average Bonchev–Trinajstić information content (AvgIpc) is 2.91. The minimum atomic E-state index is -0.0891. The molecule has 1 aliphatic carbocycles. The number of hydrogen-bond acceptors (Lipinski definition) is 5. The Bertz CT molecular complexity index is 567. The third-order valence-electron chi connectivity index (χ3n) is 2.86. The van der Waals surface area contributed by atoms with Crippen LogP contribution in [0.5, 0.6) is 0 Å². The van der Waals surface area contributed by atoms with Gasteiger partial charge >= 0.3 is 0 Å². The molecule has 2 aromatic rings. The van der Waals surface area contributed by atoms with Gasteiger partial charge in [-0.15, -0.1) is 0 Å². The molecule has 0 radical (unpaired) electrons. The van der Waals surface area contributed by atoms with E-state index in [4.69, 9.17) is 5.73 Å². The number of amides is 1. The molecule has 2 atom stereocenters. The van der Waals surface area contributed by atoms with Crippen molar-refractivity contribution >= 4 is 11.6 Å². The summed E-state index contributed by atoms with van der Waals surface area (Å²) in [6, 6.07) is 3.51. The van der Waals surface area contributed by atoms with Crippen LogP contribution in [0, 0.1) is 5.92 Å². The first kappa shape index (κ1) is 10.8. The zero-order valence-electron chi connectivity index (χ0n) is 9.52. The second-order valence-electron chi connectivity index (χ2n) is 4.21. The molecule has 1 saturated carbocycles. The monoisotopic (exact) mass is 244 g/mol. The van der Waals surface area contributed by atoms with Crippen molar-refractivity contribution in [1.29, 1.82) is 0 Å². The molecule has 1 fully saturated rings. The molecule has 7 heteroatoms. The molecule has 2 unspecified atom stereocenters. The van der Waals surface area contributed by atoms with Gasteiger partial charge in [0.25, 0.3) is 0 Å². The molecule has 0 saturated heterocycles.